The average Bonchev–Trinajstić information content (AvgIpc) is 2.23. The minimum Gasteiger partial charge on any atom is -0.359 e. The largest absolute Gasteiger partial charge is 1.00 e. The van der Waals surface area contributed by atoms with E-state index in [4.69, 9.17) is 4.66 Å². The van der Waals surface area contributed by atoms with Crippen LogP contribution in [0.15, 0.2) is 35.0 Å². The smallest absolute Gasteiger partial charge is 0.359 e. The maximum Gasteiger partial charge on any atom is 1.00 e. The van der Waals surface area contributed by atoms with Crippen molar-refractivity contribution in [2.75, 3.05) is 0 Å². The van der Waals surface area contributed by atoms with Crippen molar-refractivity contribution in [2.24, 2.45) is 4.66 Å². The summed E-state index contributed by atoms with van der Waals surface area (Å²) in [5.74, 6) is 0. The summed E-state index contributed by atoms with van der Waals surface area (Å²) in [7, 11) is -4.31. The molecule has 0 unspecified atom stereocenters. The fourth-order valence-corrected chi connectivity index (χ4v) is 15.0. The van der Waals surface area contributed by atoms with Crippen LogP contribution in [0.2, 0.25) is 58.9 Å². The summed E-state index contributed by atoms with van der Waals surface area (Å²) in [6.45, 7) is 21.9. The zero-order valence-electron chi connectivity index (χ0n) is 16.3. The standard InChI is InChI=1S/C17H32NSi3.Li/c1-19(2,3)17(20(4,5)6)16(18-21(7,8)9)15-13-11-10-12-14-15;/h10-14H,1-9H3;/q-1;+1/b18-16+;. The Kier molecular flexibility index (Phi) is 7.72. The Morgan fingerprint density at radius 1 is 0.773 bits per heavy atom. The molecule has 0 spiro atoms. The number of hydrogen-bond acceptors (Lipinski definition) is 1. The number of hydrogen-bond donors (Lipinski definition) is 0. The van der Waals surface area contributed by atoms with Gasteiger partial charge < -0.3 is 4.66 Å². The summed E-state index contributed by atoms with van der Waals surface area (Å²) >= 11 is 0. The maximum atomic E-state index is 5.30. The molecule has 1 rings (SSSR count). The summed E-state index contributed by atoms with van der Waals surface area (Å²) in [5, 5.41) is 1.73. The third-order valence-electron chi connectivity index (χ3n) is 3.23. The van der Waals surface area contributed by atoms with Gasteiger partial charge in [-0.2, -0.15) is 10.7 Å². The molecular formula is C17H32LiNSi3. The molecule has 0 saturated heterocycles. The van der Waals surface area contributed by atoms with E-state index in [-0.39, 0.29) is 18.9 Å². The summed E-state index contributed by atoms with van der Waals surface area (Å²) in [6, 6.07) is 10.8. The minimum atomic E-state index is -1.51. The van der Waals surface area contributed by atoms with Crippen LogP contribution in [0.3, 0.4) is 0 Å². The van der Waals surface area contributed by atoms with E-state index < -0.39 is 24.4 Å². The van der Waals surface area contributed by atoms with Crippen molar-refractivity contribution < 1.29 is 18.9 Å². The molecule has 0 aliphatic heterocycles. The fraction of sp³-hybridized carbons (Fsp3) is 0.529. The first-order chi connectivity index (χ1) is 9.32. The molecule has 0 fully saturated rings. The van der Waals surface area contributed by atoms with Crippen LogP contribution in [-0.4, -0.2) is 30.1 Å². The summed E-state index contributed by atoms with van der Waals surface area (Å²) < 4.78 is 5.30. The van der Waals surface area contributed by atoms with Gasteiger partial charge in [0, 0.05) is 0 Å². The van der Waals surface area contributed by atoms with Crippen molar-refractivity contribution in [1.29, 1.82) is 0 Å². The number of nitrogens with zero attached hydrogens (tertiary/aromatic N) is 1. The maximum absolute atomic E-state index is 5.30. The molecular weight excluding hydrogens is 309 g/mol. The fourth-order valence-electron chi connectivity index (χ4n) is 3.03. The molecule has 0 radical (unpaired) electrons. The van der Waals surface area contributed by atoms with E-state index in [2.05, 4.69) is 89.3 Å². The Hall–Kier alpha value is 0.00805. The van der Waals surface area contributed by atoms with Gasteiger partial charge in [-0.15, -0.1) is 17.8 Å². The quantitative estimate of drug-likeness (QED) is 0.443. The van der Waals surface area contributed by atoms with Gasteiger partial charge in [-0.3, -0.25) is 0 Å². The van der Waals surface area contributed by atoms with E-state index in [1.54, 1.807) is 5.16 Å². The Morgan fingerprint density at radius 3 is 1.50 bits per heavy atom. The third-order valence-corrected chi connectivity index (χ3v) is 12.1. The molecule has 0 heterocycles. The van der Waals surface area contributed by atoms with E-state index in [9.17, 15) is 0 Å². The van der Waals surface area contributed by atoms with Crippen LogP contribution >= 0.6 is 0 Å². The van der Waals surface area contributed by atoms with E-state index in [0.29, 0.717) is 0 Å². The molecule has 1 aromatic rings. The van der Waals surface area contributed by atoms with Gasteiger partial charge in [-0.25, -0.2) is 0 Å². The van der Waals surface area contributed by atoms with Crippen LogP contribution in [-0.2, 0) is 0 Å². The van der Waals surface area contributed by atoms with Crippen molar-refractivity contribution >= 4 is 30.1 Å². The topological polar surface area (TPSA) is 12.4 Å². The minimum absolute atomic E-state index is 0. The van der Waals surface area contributed by atoms with Gasteiger partial charge in [-0.05, 0) is 16.1 Å². The van der Waals surface area contributed by atoms with Crippen LogP contribution in [0.5, 0.6) is 0 Å². The average molecular weight is 342 g/mol. The van der Waals surface area contributed by atoms with Crippen LogP contribution in [0, 0.1) is 5.16 Å². The predicted octanol–water partition coefficient (Wildman–Crippen LogP) is 2.64. The van der Waals surface area contributed by atoms with Crippen molar-refractivity contribution in [3.05, 3.63) is 41.1 Å². The SMILES string of the molecule is C[Si](C)(C)/N=C(\c1ccccc1)[C-]([Si](C)(C)C)[Si](C)(C)C.[Li+]. The predicted molar refractivity (Wildman–Crippen MR) is 106 cm³/mol. The van der Waals surface area contributed by atoms with Crippen molar-refractivity contribution in [1.82, 2.24) is 0 Å². The van der Waals surface area contributed by atoms with Crippen molar-refractivity contribution in [2.45, 2.75) is 58.9 Å². The first kappa shape index (κ1) is 22.0. The third kappa shape index (κ3) is 6.63. The Balaban J connectivity index is 0.00000441. The molecule has 0 aliphatic carbocycles. The second-order valence-electron chi connectivity index (χ2n) is 8.87. The molecule has 1 nitrogen and oxygen atoms in total. The van der Waals surface area contributed by atoms with Crippen LogP contribution in [0.1, 0.15) is 5.56 Å². The molecule has 118 valence electrons. The molecule has 1 aromatic carbocycles. The molecule has 0 saturated carbocycles. The van der Waals surface area contributed by atoms with E-state index in [1.807, 2.05) is 0 Å². The van der Waals surface area contributed by atoms with Gasteiger partial charge in [0.25, 0.3) is 0 Å². The molecule has 0 N–H and O–H groups in total. The molecule has 0 amide bonds. The molecule has 0 atom stereocenters. The van der Waals surface area contributed by atoms with E-state index in [0.717, 1.165) is 0 Å². The van der Waals surface area contributed by atoms with Gasteiger partial charge in [0.1, 0.15) is 0 Å². The van der Waals surface area contributed by atoms with Gasteiger partial charge in [0.2, 0.25) is 0 Å². The summed E-state index contributed by atoms with van der Waals surface area (Å²) in [6.07, 6.45) is 0. The number of rotatable bonds is 5. The molecule has 22 heavy (non-hydrogen) atoms. The first-order valence-corrected chi connectivity index (χ1v) is 18.3. The second-order valence-corrected chi connectivity index (χ2v) is 23.9. The monoisotopic (exact) mass is 341 g/mol. The zero-order valence-corrected chi connectivity index (χ0v) is 19.3. The molecule has 0 aromatic heterocycles. The van der Waals surface area contributed by atoms with Gasteiger partial charge in [0.15, 0.2) is 8.24 Å². The molecule has 0 bridgehead atoms. The summed E-state index contributed by atoms with van der Waals surface area (Å²) in [5.41, 5.74) is 2.66. The van der Waals surface area contributed by atoms with Gasteiger partial charge >= 0.3 is 18.9 Å². The molecule has 0 aliphatic rings. The second kappa shape index (κ2) is 7.72. The van der Waals surface area contributed by atoms with Crippen LogP contribution in [0.4, 0.5) is 0 Å². The Labute approximate surface area is 153 Å². The zero-order chi connectivity index (χ0) is 16.5. The van der Waals surface area contributed by atoms with E-state index >= 15 is 0 Å². The van der Waals surface area contributed by atoms with Crippen molar-refractivity contribution in [3.63, 3.8) is 0 Å². The van der Waals surface area contributed by atoms with Gasteiger partial charge in [0.05, 0.1) is 0 Å². The molecule has 5 heteroatoms. The van der Waals surface area contributed by atoms with Crippen LogP contribution < -0.4 is 18.9 Å². The number of benzene rings is 1. The first-order valence-electron chi connectivity index (χ1n) is 7.86. The summed E-state index contributed by atoms with van der Waals surface area (Å²) in [4.78, 5) is 0. The normalized spacial score (nSPS) is 13.6. The van der Waals surface area contributed by atoms with Gasteiger partial charge in [-0.1, -0.05) is 77.1 Å². The Morgan fingerprint density at radius 2 is 1.18 bits per heavy atom. The van der Waals surface area contributed by atoms with Crippen molar-refractivity contribution in [3.8, 4) is 0 Å². The van der Waals surface area contributed by atoms with Crippen LogP contribution in [0.25, 0.3) is 0 Å². The van der Waals surface area contributed by atoms with E-state index in [1.165, 1.54) is 11.3 Å². The Bertz CT molecular complexity index is 479.